The molecule has 0 aliphatic carbocycles. The van der Waals surface area contributed by atoms with Gasteiger partial charge in [0.25, 0.3) is 0 Å². The Bertz CT molecular complexity index is 481. The van der Waals surface area contributed by atoms with Crippen LogP contribution in [-0.2, 0) is 15.9 Å². The molecule has 1 aliphatic rings. The van der Waals surface area contributed by atoms with E-state index in [1.165, 1.54) is 11.1 Å². The van der Waals surface area contributed by atoms with E-state index in [9.17, 15) is 0 Å². The van der Waals surface area contributed by atoms with Crippen molar-refractivity contribution in [3.8, 4) is 0 Å². The van der Waals surface area contributed by atoms with Crippen LogP contribution >= 0.6 is 0 Å². The normalized spacial score (nSPS) is 23.1. The molecule has 2 atom stereocenters. The highest BCUT2D eigenvalue weighted by Gasteiger charge is 2.26. The van der Waals surface area contributed by atoms with E-state index >= 15 is 0 Å². The summed E-state index contributed by atoms with van der Waals surface area (Å²) in [6, 6.07) is 20.5. The fraction of sp³-hybridized carbons (Fsp3) is 0.250. The third-order valence-electron chi connectivity index (χ3n) is 3.17. The third-order valence-corrected chi connectivity index (χ3v) is 3.17. The molecule has 0 aromatic heterocycles. The molecule has 0 unspecified atom stereocenters. The number of ether oxygens (including phenoxy) is 2. The molecule has 92 valence electrons. The zero-order chi connectivity index (χ0) is 12.2. The van der Waals surface area contributed by atoms with E-state index in [1.807, 2.05) is 36.4 Å². The van der Waals surface area contributed by atoms with Gasteiger partial charge in [-0.15, -0.1) is 0 Å². The van der Waals surface area contributed by atoms with Crippen LogP contribution in [0.3, 0.4) is 0 Å². The fourth-order valence-corrected chi connectivity index (χ4v) is 2.21. The van der Waals surface area contributed by atoms with E-state index in [-0.39, 0.29) is 12.4 Å². The van der Waals surface area contributed by atoms with Gasteiger partial charge in [-0.1, -0.05) is 60.7 Å². The minimum Gasteiger partial charge on any atom is -0.349 e. The van der Waals surface area contributed by atoms with E-state index < -0.39 is 0 Å². The maximum atomic E-state index is 5.93. The Morgan fingerprint density at radius 2 is 1.56 bits per heavy atom. The van der Waals surface area contributed by atoms with E-state index in [2.05, 4.69) is 24.3 Å². The van der Waals surface area contributed by atoms with Gasteiger partial charge in [0.15, 0.2) is 6.29 Å². The molecule has 0 radical (unpaired) electrons. The maximum Gasteiger partial charge on any atom is 0.162 e. The first kappa shape index (κ1) is 11.5. The molecule has 3 rings (SSSR count). The second kappa shape index (κ2) is 5.34. The zero-order valence-electron chi connectivity index (χ0n) is 10.2. The van der Waals surface area contributed by atoms with E-state index in [1.54, 1.807) is 0 Å². The number of hydrogen-bond acceptors (Lipinski definition) is 2. The van der Waals surface area contributed by atoms with Gasteiger partial charge in [0.2, 0.25) is 0 Å². The summed E-state index contributed by atoms with van der Waals surface area (Å²) in [6.45, 7) is 0.640. The van der Waals surface area contributed by atoms with Crippen molar-refractivity contribution >= 4 is 0 Å². The van der Waals surface area contributed by atoms with Gasteiger partial charge in [-0.25, -0.2) is 0 Å². The Kier molecular flexibility index (Phi) is 3.40. The summed E-state index contributed by atoms with van der Waals surface area (Å²) in [5.41, 5.74) is 2.43. The third kappa shape index (κ3) is 2.61. The van der Waals surface area contributed by atoms with Crippen molar-refractivity contribution in [2.24, 2.45) is 0 Å². The molecule has 1 aliphatic heterocycles. The standard InChI is InChI=1S/C16H16O2/c1-3-7-13(8-4-1)11-16-17-12-15(18-16)14-9-5-2-6-10-14/h1-10,15-16H,11-12H2/t15-,16+/m0/s1. The second-order valence-corrected chi connectivity index (χ2v) is 4.49. The molecule has 0 bridgehead atoms. The van der Waals surface area contributed by atoms with E-state index in [0.717, 1.165) is 6.42 Å². The molecule has 0 N–H and O–H groups in total. The first-order valence-corrected chi connectivity index (χ1v) is 6.28. The SMILES string of the molecule is c1ccc(C[C@@H]2OC[C@@H](c3ccccc3)O2)cc1. The van der Waals surface area contributed by atoms with Crippen LogP contribution in [0.1, 0.15) is 17.2 Å². The summed E-state index contributed by atoms with van der Waals surface area (Å²) in [5, 5.41) is 0. The number of hydrogen-bond donors (Lipinski definition) is 0. The van der Waals surface area contributed by atoms with Gasteiger partial charge in [0.05, 0.1) is 6.61 Å². The lowest BCUT2D eigenvalue weighted by atomic mass is 10.1. The minimum atomic E-state index is -0.127. The fourth-order valence-electron chi connectivity index (χ4n) is 2.21. The van der Waals surface area contributed by atoms with E-state index in [0.29, 0.717) is 6.61 Å². The van der Waals surface area contributed by atoms with Crippen LogP contribution in [0, 0.1) is 0 Å². The lowest BCUT2D eigenvalue weighted by Gasteiger charge is -2.11. The molecule has 18 heavy (non-hydrogen) atoms. The molecular formula is C16H16O2. The molecule has 2 heteroatoms. The molecule has 0 amide bonds. The van der Waals surface area contributed by atoms with Crippen LogP contribution in [0.4, 0.5) is 0 Å². The van der Waals surface area contributed by atoms with Gasteiger partial charge >= 0.3 is 0 Å². The molecule has 2 aromatic rings. The number of benzene rings is 2. The van der Waals surface area contributed by atoms with Crippen molar-refractivity contribution in [2.45, 2.75) is 18.8 Å². The largest absolute Gasteiger partial charge is 0.349 e. The Balaban J connectivity index is 1.62. The Morgan fingerprint density at radius 1 is 0.889 bits per heavy atom. The monoisotopic (exact) mass is 240 g/mol. The van der Waals surface area contributed by atoms with Crippen molar-refractivity contribution in [1.82, 2.24) is 0 Å². The van der Waals surface area contributed by atoms with Gasteiger partial charge < -0.3 is 9.47 Å². The summed E-state index contributed by atoms with van der Waals surface area (Å²) in [6.07, 6.45) is 0.752. The zero-order valence-corrected chi connectivity index (χ0v) is 10.2. The Labute approximate surface area is 107 Å². The predicted octanol–water partition coefficient (Wildman–Crippen LogP) is 3.34. The highest BCUT2D eigenvalue weighted by molar-refractivity contribution is 5.19. The molecule has 0 spiro atoms. The highest BCUT2D eigenvalue weighted by Crippen LogP contribution is 2.27. The topological polar surface area (TPSA) is 18.5 Å². The van der Waals surface area contributed by atoms with Crippen molar-refractivity contribution in [1.29, 1.82) is 0 Å². The summed E-state index contributed by atoms with van der Waals surface area (Å²) in [5.74, 6) is 0. The van der Waals surface area contributed by atoms with Gasteiger partial charge in [0.1, 0.15) is 6.10 Å². The Hall–Kier alpha value is -1.64. The van der Waals surface area contributed by atoms with Gasteiger partial charge in [0, 0.05) is 6.42 Å². The van der Waals surface area contributed by atoms with E-state index in [4.69, 9.17) is 9.47 Å². The summed E-state index contributed by atoms with van der Waals surface area (Å²) >= 11 is 0. The second-order valence-electron chi connectivity index (χ2n) is 4.49. The first-order valence-electron chi connectivity index (χ1n) is 6.28. The predicted molar refractivity (Wildman–Crippen MR) is 70.2 cm³/mol. The summed E-state index contributed by atoms with van der Waals surface area (Å²) < 4.78 is 11.6. The van der Waals surface area contributed by atoms with Crippen LogP contribution in [0.25, 0.3) is 0 Å². The average Bonchev–Trinajstić information content (AvgIpc) is 2.89. The average molecular weight is 240 g/mol. The van der Waals surface area contributed by atoms with Crippen LogP contribution in [0.15, 0.2) is 60.7 Å². The van der Waals surface area contributed by atoms with Gasteiger partial charge in [-0.05, 0) is 11.1 Å². The lowest BCUT2D eigenvalue weighted by Crippen LogP contribution is -2.11. The lowest BCUT2D eigenvalue weighted by molar-refractivity contribution is -0.0563. The van der Waals surface area contributed by atoms with Crippen LogP contribution < -0.4 is 0 Å². The van der Waals surface area contributed by atoms with Crippen LogP contribution in [0.2, 0.25) is 0 Å². The first-order chi connectivity index (χ1) is 8.92. The van der Waals surface area contributed by atoms with Gasteiger partial charge in [-0.2, -0.15) is 0 Å². The molecule has 1 fully saturated rings. The van der Waals surface area contributed by atoms with Crippen LogP contribution in [-0.4, -0.2) is 12.9 Å². The minimum absolute atomic E-state index is 0.0694. The van der Waals surface area contributed by atoms with Crippen molar-refractivity contribution in [3.63, 3.8) is 0 Å². The summed E-state index contributed by atoms with van der Waals surface area (Å²) in [4.78, 5) is 0. The smallest absolute Gasteiger partial charge is 0.162 e. The van der Waals surface area contributed by atoms with Crippen molar-refractivity contribution in [3.05, 3.63) is 71.8 Å². The summed E-state index contributed by atoms with van der Waals surface area (Å²) in [7, 11) is 0. The molecule has 1 saturated heterocycles. The number of rotatable bonds is 3. The highest BCUT2D eigenvalue weighted by atomic mass is 16.7. The molecular weight excluding hydrogens is 224 g/mol. The molecule has 0 saturated carbocycles. The Morgan fingerprint density at radius 3 is 2.28 bits per heavy atom. The van der Waals surface area contributed by atoms with Crippen LogP contribution in [0.5, 0.6) is 0 Å². The molecule has 2 aromatic carbocycles. The quantitative estimate of drug-likeness (QED) is 0.819. The molecule has 2 nitrogen and oxygen atoms in total. The van der Waals surface area contributed by atoms with Crippen molar-refractivity contribution in [2.75, 3.05) is 6.61 Å². The van der Waals surface area contributed by atoms with Gasteiger partial charge in [-0.3, -0.25) is 0 Å². The maximum absolute atomic E-state index is 5.93. The van der Waals surface area contributed by atoms with Crippen molar-refractivity contribution < 1.29 is 9.47 Å². The molecule has 1 heterocycles.